The van der Waals surface area contributed by atoms with Gasteiger partial charge in [0.1, 0.15) is 0 Å². The van der Waals surface area contributed by atoms with Crippen LogP contribution in [0.25, 0.3) is 0 Å². The SMILES string of the molecule is O=C(NCc1ccc2c(c1)OCO2)[C@@H]1C[C@@H](c2ccccc2)CN(Cc2ccc(F)c(F)c2)C1. The predicted octanol–water partition coefficient (Wildman–Crippen LogP) is 4.62. The Hall–Kier alpha value is -3.45. The zero-order valence-corrected chi connectivity index (χ0v) is 18.7. The molecule has 3 aromatic carbocycles. The third kappa shape index (κ3) is 5.04. The summed E-state index contributed by atoms with van der Waals surface area (Å²) in [5, 5.41) is 3.06. The molecule has 2 aliphatic rings. The molecule has 1 amide bonds. The standard InChI is InChI=1S/C27H26F2N2O3/c28-23-8-6-19(10-24(23)29)14-31-15-21(20-4-2-1-3-5-20)12-22(16-31)27(32)30-13-18-7-9-25-26(11-18)34-17-33-25/h1-11,21-22H,12-17H2,(H,30,32)/t21-,22-/m1/s1. The number of hydrogen-bond acceptors (Lipinski definition) is 4. The van der Waals surface area contributed by atoms with Crippen LogP contribution in [0.5, 0.6) is 11.5 Å². The van der Waals surface area contributed by atoms with Crippen LogP contribution in [0, 0.1) is 17.6 Å². The first-order valence-corrected chi connectivity index (χ1v) is 11.4. The van der Waals surface area contributed by atoms with E-state index in [0.717, 1.165) is 24.6 Å². The first kappa shape index (κ1) is 22.3. The number of piperidine rings is 1. The van der Waals surface area contributed by atoms with Crippen LogP contribution in [0.4, 0.5) is 8.78 Å². The molecule has 0 aromatic heterocycles. The van der Waals surface area contributed by atoms with E-state index in [-0.39, 0.29) is 24.5 Å². The molecular formula is C27H26F2N2O3. The van der Waals surface area contributed by atoms with E-state index in [1.54, 1.807) is 6.07 Å². The van der Waals surface area contributed by atoms with Gasteiger partial charge in [-0.15, -0.1) is 0 Å². The van der Waals surface area contributed by atoms with E-state index in [4.69, 9.17) is 9.47 Å². The van der Waals surface area contributed by atoms with Crippen molar-refractivity contribution in [3.8, 4) is 11.5 Å². The van der Waals surface area contributed by atoms with Crippen molar-refractivity contribution >= 4 is 5.91 Å². The van der Waals surface area contributed by atoms with Gasteiger partial charge < -0.3 is 14.8 Å². The number of hydrogen-bond donors (Lipinski definition) is 1. The summed E-state index contributed by atoms with van der Waals surface area (Å²) in [6.45, 7) is 2.35. The molecule has 5 rings (SSSR count). The number of rotatable bonds is 6. The van der Waals surface area contributed by atoms with Gasteiger partial charge in [0.05, 0.1) is 5.92 Å². The molecule has 2 atom stereocenters. The summed E-state index contributed by atoms with van der Waals surface area (Å²) in [4.78, 5) is 15.3. The normalized spacial score (nSPS) is 19.7. The average molecular weight is 465 g/mol. The Morgan fingerprint density at radius 1 is 0.912 bits per heavy atom. The van der Waals surface area contributed by atoms with Crippen LogP contribution in [0.15, 0.2) is 66.7 Å². The van der Waals surface area contributed by atoms with Crippen molar-refractivity contribution in [2.45, 2.75) is 25.4 Å². The average Bonchev–Trinajstić information content (AvgIpc) is 3.33. The molecule has 3 aromatic rings. The van der Waals surface area contributed by atoms with Gasteiger partial charge in [-0.2, -0.15) is 0 Å². The Labute approximate surface area is 197 Å². The molecule has 2 aliphatic heterocycles. The van der Waals surface area contributed by atoms with Crippen molar-refractivity contribution in [2.24, 2.45) is 5.92 Å². The maximum absolute atomic E-state index is 13.8. The zero-order valence-electron chi connectivity index (χ0n) is 18.7. The second kappa shape index (κ2) is 9.81. The van der Waals surface area contributed by atoms with Gasteiger partial charge in [0.2, 0.25) is 12.7 Å². The fraction of sp³-hybridized carbons (Fsp3) is 0.296. The maximum Gasteiger partial charge on any atom is 0.231 e. The van der Waals surface area contributed by atoms with Crippen LogP contribution < -0.4 is 14.8 Å². The van der Waals surface area contributed by atoms with E-state index in [1.807, 2.05) is 36.4 Å². The van der Waals surface area contributed by atoms with Crippen molar-refractivity contribution in [1.82, 2.24) is 10.2 Å². The first-order valence-electron chi connectivity index (χ1n) is 11.4. The van der Waals surface area contributed by atoms with E-state index in [9.17, 15) is 13.6 Å². The maximum atomic E-state index is 13.8. The van der Waals surface area contributed by atoms with Crippen LogP contribution in [-0.4, -0.2) is 30.7 Å². The molecule has 1 N–H and O–H groups in total. The quantitative estimate of drug-likeness (QED) is 0.579. The molecule has 2 heterocycles. The smallest absolute Gasteiger partial charge is 0.231 e. The molecule has 7 heteroatoms. The molecule has 0 saturated carbocycles. The number of fused-ring (bicyclic) bond motifs is 1. The third-order valence-electron chi connectivity index (χ3n) is 6.46. The van der Waals surface area contributed by atoms with Crippen LogP contribution in [0.3, 0.4) is 0 Å². The highest BCUT2D eigenvalue weighted by Crippen LogP contribution is 2.33. The predicted molar refractivity (Wildman–Crippen MR) is 123 cm³/mol. The lowest BCUT2D eigenvalue weighted by Gasteiger charge is -2.37. The molecule has 1 fully saturated rings. The summed E-state index contributed by atoms with van der Waals surface area (Å²) in [7, 11) is 0. The van der Waals surface area contributed by atoms with Crippen LogP contribution >= 0.6 is 0 Å². The van der Waals surface area contributed by atoms with Crippen LogP contribution in [0.1, 0.15) is 29.0 Å². The van der Waals surface area contributed by atoms with E-state index in [2.05, 4.69) is 22.3 Å². The lowest BCUT2D eigenvalue weighted by atomic mass is 9.84. The van der Waals surface area contributed by atoms with E-state index >= 15 is 0 Å². The molecule has 1 saturated heterocycles. The summed E-state index contributed by atoms with van der Waals surface area (Å²) in [5.41, 5.74) is 2.80. The Morgan fingerprint density at radius 3 is 2.53 bits per heavy atom. The minimum absolute atomic E-state index is 0.0198. The molecule has 176 valence electrons. The Kier molecular flexibility index (Phi) is 6.45. The number of amides is 1. The highest BCUT2D eigenvalue weighted by atomic mass is 19.2. The van der Waals surface area contributed by atoms with Crippen molar-refractivity contribution in [3.05, 3.63) is 95.1 Å². The number of carbonyl (C=O) groups excluding carboxylic acids is 1. The number of benzene rings is 3. The number of halogens is 2. The van der Waals surface area contributed by atoms with Gasteiger partial charge in [0, 0.05) is 26.2 Å². The summed E-state index contributed by atoms with van der Waals surface area (Å²) in [6.07, 6.45) is 0.727. The van der Waals surface area contributed by atoms with Gasteiger partial charge in [0.25, 0.3) is 0 Å². The number of ether oxygens (including phenoxy) is 2. The molecule has 0 aliphatic carbocycles. The highest BCUT2D eigenvalue weighted by molar-refractivity contribution is 5.79. The Balaban J connectivity index is 1.29. The van der Waals surface area contributed by atoms with Crippen molar-refractivity contribution < 1.29 is 23.0 Å². The number of likely N-dealkylation sites (tertiary alicyclic amines) is 1. The van der Waals surface area contributed by atoms with E-state index in [0.29, 0.717) is 36.7 Å². The Morgan fingerprint density at radius 2 is 1.71 bits per heavy atom. The second-order valence-electron chi connectivity index (χ2n) is 8.89. The molecular weight excluding hydrogens is 438 g/mol. The molecule has 5 nitrogen and oxygen atoms in total. The fourth-order valence-corrected chi connectivity index (χ4v) is 4.76. The van der Waals surface area contributed by atoms with Crippen molar-refractivity contribution in [2.75, 3.05) is 19.9 Å². The summed E-state index contributed by atoms with van der Waals surface area (Å²) in [6, 6.07) is 19.7. The first-order chi connectivity index (χ1) is 16.5. The highest BCUT2D eigenvalue weighted by Gasteiger charge is 2.32. The minimum atomic E-state index is -0.856. The zero-order chi connectivity index (χ0) is 23.5. The van der Waals surface area contributed by atoms with Gasteiger partial charge in [-0.25, -0.2) is 8.78 Å². The monoisotopic (exact) mass is 464 g/mol. The van der Waals surface area contributed by atoms with Gasteiger partial charge in [0.15, 0.2) is 23.1 Å². The van der Waals surface area contributed by atoms with E-state index in [1.165, 1.54) is 11.6 Å². The third-order valence-corrected chi connectivity index (χ3v) is 6.46. The van der Waals surface area contributed by atoms with Gasteiger partial charge in [-0.05, 0) is 53.3 Å². The number of carbonyl (C=O) groups is 1. The van der Waals surface area contributed by atoms with Gasteiger partial charge >= 0.3 is 0 Å². The fourth-order valence-electron chi connectivity index (χ4n) is 4.76. The number of nitrogens with one attached hydrogen (secondary N) is 1. The van der Waals surface area contributed by atoms with Crippen LogP contribution in [-0.2, 0) is 17.9 Å². The van der Waals surface area contributed by atoms with Crippen molar-refractivity contribution in [3.63, 3.8) is 0 Å². The molecule has 0 spiro atoms. The second-order valence-corrected chi connectivity index (χ2v) is 8.89. The summed E-state index contributed by atoms with van der Waals surface area (Å²) in [5.74, 6) is -0.391. The van der Waals surface area contributed by atoms with Gasteiger partial charge in [-0.3, -0.25) is 9.69 Å². The van der Waals surface area contributed by atoms with E-state index < -0.39 is 11.6 Å². The molecule has 0 unspecified atom stereocenters. The van der Waals surface area contributed by atoms with Gasteiger partial charge in [-0.1, -0.05) is 42.5 Å². The van der Waals surface area contributed by atoms with Crippen LogP contribution in [0.2, 0.25) is 0 Å². The number of nitrogens with zero attached hydrogens (tertiary/aromatic N) is 1. The largest absolute Gasteiger partial charge is 0.454 e. The topological polar surface area (TPSA) is 50.8 Å². The Bertz CT molecular complexity index is 1170. The lowest BCUT2D eigenvalue weighted by molar-refractivity contribution is -0.127. The summed E-state index contributed by atoms with van der Waals surface area (Å²) < 4.78 is 37.9. The minimum Gasteiger partial charge on any atom is -0.454 e. The molecule has 0 bridgehead atoms. The molecule has 34 heavy (non-hydrogen) atoms. The van der Waals surface area contributed by atoms with Crippen molar-refractivity contribution in [1.29, 1.82) is 0 Å². The molecule has 0 radical (unpaired) electrons. The lowest BCUT2D eigenvalue weighted by Crippen LogP contribution is -2.45. The summed E-state index contributed by atoms with van der Waals surface area (Å²) >= 11 is 0.